The standard InChI is InChI=1S/C22H25N5O2/c1-15-6-5-7-16(12-15)22-25-20(29-26-22)14-24-19-9-8-17(13-18(19)21(23)28)27-10-3-2-4-11-27/h5-9,12-13,24H,2-4,10-11,14H2,1H3,(H2,23,28). The van der Waals surface area contributed by atoms with Crippen LogP contribution >= 0.6 is 0 Å². The number of benzene rings is 2. The number of rotatable bonds is 6. The summed E-state index contributed by atoms with van der Waals surface area (Å²) in [7, 11) is 0. The Hall–Kier alpha value is -3.35. The van der Waals surface area contributed by atoms with E-state index in [1.165, 1.54) is 19.3 Å². The smallest absolute Gasteiger partial charge is 0.250 e. The van der Waals surface area contributed by atoms with Gasteiger partial charge in [0, 0.05) is 30.0 Å². The van der Waals surface area contributed by atoms with Crippen molar-refractivity contribution in [3.05, 3.63) is 59.5 Å². The lowest BCUT2D eigenvalue weighted by Crippen LogP contribution is -2.29. The predicted molar refractivity (Wildman–Crippen MR) is 113 cm³/mol. The molecule has 0 saturated carbocycles. The molecule has 1 saturated heterocycles. The molecule has 1 aromatic heterocycles. The highest BCUT2D eigenvalue weighted by Gasteiger charge is 2.16. The summed E-state index contributed by atoms with van der Waals surface area (Å²) in [4.78, 5) is 18.7. The number of nitrogens with one attached hydrogen (secondary N) is 1. The summed E-state index contributed by atoms with van der Waals surface area (Å²) in [5.41, 5.74) is 9.82. The summed E-state index contributed by atoms with van der Waals surface area (Å²) in [6.45, 7) is 4.34. The summed E-state index contributed by atoms with van der Waals surface area (Å²) in [6, 6.07) is 13.7. The molecule has 1 aliphatic heterocycles. The number of amides is 1. The number of aryl methyl sites for hydroxylation is 1. The van der Waals surface area contributed by atoms with Gasteiger partial charge in [-0.25, -0.2) is 0 Å². The van der Waals surface area contributed by atoms with E-state index in [-0.39, 0.29) is 0 Å². The van der Waals surface area contributed by atoms with Crippen molar-refractivity contribution in [3.8, 4) is 11.4 Å². The topological polar surface area (TPSA) is 97.3 Å². The van der Waals surface area contributed by atoms with Crippen LogP contribution in [0.1, 0.15) is 41.1 Å². The Bertz CT molecular complexity index is 1010. The van der Waals surface area contributed by atoms with Gasteiger partial charge in [-0.15, -0.1) is 0 Å². The molecule has 2 heterocycles. The number of carbonyl (C=O) groups is 1. The average Bonchev–Trinajstić information content (AvgIpc) is 3.22. The zero-order valence-electron chi connectivity index (χ0n) is 16.5. The van der Waals surface area contributed by atoms with Gasteiger partial charge in [-0.05, 0) is 50.5 Å². The van der Waals surface area contributed by atoms with Crippen molar-refractivity contribution in [3.63, 3.8) is 0 Å². The largest absolute Gasteiger partial charge is 0.375 e. The van der Waals surface area contributed by atoms with Crippen LogP contribution in [-0.4, -0.2) is 29.1 Å². The molecule has 2 aromatic carbocycles. The van der Waals surface area contributed by atoms with Crippen LogP contribution in [0, 0.1) is 6.92 Å². The molecule has 0 atom stereocenters. The van der Waals surface area contributed by atoms with Gasteiger partial charge in [0.15, 0.2) is 0 Å². The first-order valence-electron chi connectivity index (χ1n) is 9.92. The number of hydrogen-bond donors (Lipinski definition) is 2. The second-order valence-corrected chi connectivity index (χ2v) is 7.38. The van der Waals surface area contributed by atoms with Crippen molar-refractivity contribution in [2.45, 2.75) is 32.7 Å². The molecule has 0 radical (unpaired) electrons. The van der Waals surface area contributed by atoms with E-state index >= 15 is 0 Å². The van der Waals surface area contributed by atoms with Gasteiger partial charge >= 0.3 is 0 Å². The number of aromatic nitrogens is 2. The summed E-state index contributed by atoms with van der Waals surface area (Å²) in [5, 5.41) is 7.25. The third kappa shape index (κ3) is 4.39. The van der Waals surface area contributed by atoms with Crippen molar-refractivity contribution < 1.29 is 9.32 Å². The number of carbonyl (C=O) groups excluding carboxylic acids is 1. The highest BCUT2D eigenvalue weighted by atomic mass is 16.5. The highest BCUT2D eigenvalue weighted by molar-refractivity contribution is 5.99. The van der Waals surface area contributed by atoms with E-state index in [0.717, 1.165) is 29.9 Å². The van der Waals surface area contributed by atoms with Gasteiger partial charge in [0.2, 0.25) is 11.7 Å². The molecule has 0 unspecified atom stereocenters. The molecule has 1 fully saturated rings. The molecule has 29 heavy (non-hydrogen) atoms. The molecule has 7 nitrogen and oxygen atoms in total. The van der Waals surface area contributed by atoms with Crippen molar-refractivity contribution >= 4 is 17.3 Å². The third-order valence-corrected chi connectivity index (χ3v) is 5.16. The molecule has 1 amide bonds. The first kappa shape index (κ1) is 19.0. The lowest BCUT2D eigenvalue weighted by atomic mass is 10.1. The van der Waals surface area contributed by atoms with Gasteiger partial charge < -0.3 is 20.5 Å². The first-order valence-corrected chi connectivity index (χ1v) is 9.92. The molecule has 150 valence electrons. The van der Waals surface area contributed by atoms with Crippen LogP contribution in [0.3, 0.4) is 0 Å². The Balaban J connectivity index is 1.48. The number of nitrogens with zero attached hydrogens (tertiary/aromatic N) is 3. The predicted octanol–water partition coefficient (Wildman–Crippen LogP) is 3.75. The number of primary amides is 1. The van der Waals surface area contributed by atoms with Crippen LogP contribution in [-0.2, 0) is 6.54 Å². The van der Waals surface area contributed by atoms with Crippen LogP contribution < -0.4 is 16.0 Å². The molecule has 1 aliphatic rings. The molecule has 0 spiro atoms. The van der Waals surface area contributed by atoms with Crippen molar-refractivity contribution in [1.29, 1.82) is 0 Å². The van der Waals surface area contributed by atoms with Crippen LogP contribution in [0.4, 0.5) is 11.4 Å². The van der Waals surface area contributed by atoms with Crippen LogP contribution in [0.25, 0.3) is 11.4 Å². The lowest BCUT2D eigenvalue weighted by Gasteiger charge is -2.29. The van der Waals surface area contributed by atoms with Gasteiger partial charge in [-0.2, -0.15) is 4.98 Å². The minimum atomic E-state index is -0.461. The van der Waals surface area contributed by atoms with Gasteiger partial charge in [-0.3, -0.25) is 4.79 Å². The molecule has 0 aliphatic carbocycles. The molecule has 3 aromatic rings. The molecular weight excluding hydrogens is 366 g/mol. The van der Waals surface area contributed by atoms with E-state index in [4.69, 9.17) is 10.3 Å². The molecular formula is C22H25N5O2. The maximum Gasteiger partial charge on any atom is 0.250 e. The summed E-state index contributed by atoms with van der Waals surface area (Å²) in [6.07, 6.45) is 3.60. The normalized spacial score (nSPS) is 14.0. The quantitative estimate of drug-likeness (QED) is 0.664. The minimum Gasteiger partial charge on any atom is -0.375 e. The maximum atomic E-state index is 12.0. The van der Waals surface area contributed by atoms with Crippen LogP contribution in [0.5, 0.6) is 0 Å². The number of nitrogens with two attached hydrogens (primary N) is 1. The summed E-state index contributed by atoms with van der Waals surface area (Å²) >= 11 is 0. The zero-order chi connectivity index (χ0) is 20.2. The van der Waals surface area contributed by atoms with Crippen molar-refractivity contribution in [1.82, 2.24) is 10.1 Å². The van der Waals surface area contributed by atoms with E-state index in [1.54, 1.807) is 0 Å². The monoisotopic (exact) mass is 391 g/mol. The fourth-order valence-corrected chi connectivity index (χ4v) is 3.64. The number of piperidine rings is 1. The van der Waals surface area contributed by atoms with Crippen molar-refractivity contribution in [2.24, 2.45) is 5.73 Å². The van der Waals surface area contributed by atoms with Crippen LogP contribution in [0.15, 0.2) is 47.0 Å². The first-order chi connectivity index (χ1) is 14.1. The molecule has 3 N–H and O–H groups in total. The van der Waals surface area contributed by atoms with E-state index in [2.05, 4.69) is 20.4 Å². The molecule has 7 heteroatoms. The zero-order valence-corrected chi connectivity index (χ0v) is 16.5. The Morgan fingerprint density at radius 3 is 2.76 bits per heavy atom. The van der Waals surface area contributed by atoms with Crippen LogP contribution in [0.2, 0.25) is 0 Å². The highest BCUT2D eigenvalue weighted by Crippen LogP contribution is 2.26. The second-order valence-electron chi connectivity index (χ2n) is 7.38. The Morgan fingerprint density at radius 1 is 1.17 bits per heavy atom. The Morgan fingerprint density at radius 2 is 2.00 bits per heavy atom. The van der Waals surface area contributed by atoms with E-state index in [9.17, 15) is 4.79 Å². The number of anilines is 2. The fourth-order valence-electron chi connectivity index (χ4n) is 3.64. The Kier molecular flexibility index (Phi) is 5.46. The summed E-state index contributed by atoms with van der Waals surface area (Å²) in [5.74, 6) is 0.524. The Labute approximate surface area is 169 Å². The minimum absolute atomic E-state index is 0.308. The third-order valence-electron chi connectivity index (χ3n) is 5.16. The lowest BCUT2D eigenvalue weighted by molar-refractivity contribution is 0.100. The van der Waals surface area contributed by atoms with E-state index in [0.29, 0.717) is 29.5 Å². The van der Waals surface area contributed by atoms with Crippen molar-refractivity contribution in [2.75, 3.05) is 23.3 Å². The van der Waals surface area contributed by atoms with Gasteiger partial charge in [0.25, 0.3) is 5.91 Å². The maximum absolute atomic E-state index is 12.0. The number of hydrogen-bond acceptors (Lipinski definition) is 6. The van der Waals surface area contributed by atoms with E-state index in [1.807, 2.05) is 49.4 Å². The van der Waals surface area contributed by atoms with Gasteiger partial charge in [-0.1, -0.05) is 28.9 Å². The van der Waals surface area contributed by atoms with Gasteiger partial charge in [0.1, 0.15) is 0 Å². The molecule has 4 rings (SSSR count). The SMILES string of the molecule is Cc1cccc(-c2noc(CNc3ccc(N4CCCCC4)cc3C(N)=O)n2)c1. The second kappa shape index (κ2) is 8.34. The average molecular weight is 391 g/mol. The van der Waals surface area contributed by atoms with E-state index < -0.39 is 5.91 Å². The summed E-state index contributed by atoms with van der Waals surface area (Å²) < 4.78 is 5.35. The molecule has 0 bridgehead atoms. The van der Waals surface area contributed by atoms with Gasteiger partial charge in [0.05, 0.1) is 12.1 Å². The fraction of sp³-hybridized carbons (Fsp3) is 0.318.